The molecule has 0 bridgehead atoms. The lowest BCUT2D eigenvalue weighted by atomic mass is 10.1. The Balaban J connectivity index is 2.24. The summed E-state index contributed by atoms with van der Waals surface area (Å²) in [5.41, 5.74) is 8.08. The van der Waals surface area contributed by atoms with E-state index in [1.54, 1.807) is 0 Å². The smallest absolute Gasteiger partial charge is 0.128 e. The molecule has 2 heterocycles. The van der Waals surface area contributed by atoms with Crippen LogP contribution in [0.2, 0.25) is 0 Å². The van der Waals surface area contributed by atoms with Gasteiger partial charge in [0.1, 0.15) is 5.82 Å². The van der Waals surface area contributed by atoms with Gasteiger partial charge in [0.05, 0.1) is 0 Å². The number of nitrogens with two attached hydrogens (primary N) is 1. The molecule has 82 valence electrons. The van der Waals surface area contributed by atoms with Gasteiger partial charge in [-0.15, -0.1) is 0 Å². The van der Waals surface area contributed by atoms with Crippen molar-refractivity contribution < 1.29 is 0 Å². The number of anilines is 1. The van der Waals surface area contributed by atoms with E-state index >= 15 is 0 Å². The normalized spacial score (nSPS) is 18.2. The summed E-state index contributed by atoms with van der Waals surface area (Å²) in [4.78, 5) is 6.97. The molecule has 2 N–H and O–H groups in total. The van der Waals surface area contributed by atoms with Crippen molar-refractivity contribution in [3.8, 4) is 0 Å². The Kier molecular flexibility index (Phi) is 2.91. The highest BCUT2D eigenvalue weighted by molar-refractivity contribution is 5.43. The van der Waals surface area contributed by atoms with E-state index in [4.69, 9.17) is 5.73 Å². The average Bonchev–Trinajstić information content (AvgIpc) is 2.69. The topological polar surface area (TPSA) is 42.2 Å². The number of hydrogen-bond donors (Lipinski definition) is 1. The van der Waals surface area contributed by atoms with Crippen LogP contribution in [0.25, 0.3) is 0 Å². The van der Waals surface area contributed by atoms with Gasteiger partial charge in [0.2, 0.25) is 0 Å². The quantitative estimate of drug-likeness (QED) is 0.803. The van der Waals surface area contributed by atoms with E-state index in [9.17, 15) is 0 Å². The van der Waals surface area contributed by atoms with Crippen molar-refractivity contribution in [2.24, 2.45) is 5.73 Å². The molecule has 1 saturated heterocycles. The van der Waals surface area contributed by atoms with Gasteiger partial charge in [-0.2, -0.15) is 0 Å². The SMILES string of the molecule is Cc1nc(N2CCCC2)ccc1[C@H](C)N. The Hall–Kier alpha value is -1.09. The standard InChI is InChI=1S/C12H19N3/c1-9(13)11-5-6-12(14-10(11)2)15-7-3-4-8-15/h5-6,9H,3-4,7-8,13H2,1-2H3/t9-/m0/s1. The maximum atomic E-state index is 5.86. The molecular weight excluding hydrogens is 186 g/mol. The highest BCUT2D eigenvalue weighted by Gasteiger charge is 2.14. The van der Waals surface area contributed by atoms with Crippen LogP contribution in [-0.4, -0.2) is 18.1 Å². The third kappa shape index (κ3) is 2.12. The zero-order chi connectivity index (χ0) is 10.8. The Morgan fingerprint density at radius 2 is 2.00 bits per heavy atom. The monoisotopic (exact) mass is 205 g/mol. The van der Waals surface area contributed by atoms with E-state index in [1.165, 1.54) is 12.8 Å². The van der Waals surface area contributed by atoms with Crippen LogP contribution in [0.5, 0.6) is 0 Å². The van der Waals surface area contributed by atoms with E-state index in [0.29, 0.717) is 0 Å². The van der Waals surface area contributed by atoms with Gasteiger partial charge in [-0.25, -0.2) is 4.98 Å². The molecule has 1 aliphatic heterocycles. The second kappa shape index (κ2) is 4.19. The fourth-order valence-electron chi connectivity index (χ4n) is 2.16. The van der Waals surface area contributed by atoms with E-state index in [2.05, 4.69) is 22.0 Å². The molecule has 0 spiro atoms. The molecular formula is C12H19N3. The van der Waals surface area contributed by atoms with E-state index in [0.717, 1.165) is 30.2 Å². The molecule has 2 rings (SSSR count). The van der Waals surface area contributed by atoms with Gasteiger partial charge in [0.25, 0.3) is 0 Å². The van der Waals surface area contributed by atoms with Gasteiger partial charge in [0.15, 0.2) is 0 Å². The van der Waals surface area contributed by atoms with E-state index in [-0.39, 0.29) is 6.04 Å². The van der Waals surface area contributed by atoms with Crippen molar-refractivity contribution in [3.63, 3.8) is 0 Å². The van der Waals surface area contributed by atoms with Gasteiger partial charge in [-0.05, 0) is 38.3 Å². The van der Waals surface area contributed by atoms with Crippen molar-refractivity contribution in [1.82, 2.24) is 4.98 Å². The lowest BCUT2D eigenvalue weighted by molar-refractivity contribution is 0.795. The molecule has 1 aromatic rings. The summed E-state index contributed by atoms with van der Waals surface area (Å²) in [5.74, 6) is 1.11. The number of aryl methyl sites for hydroxylation is 1. The predicted octanol–water partition coefficient (Wildman–Crippen LogP) is 2.01. The Labute approximate surface area is 91.3 Å². The van der Waals surface area contributed by atoms with Crippen LogP contribution in [0.1, 0.15) is 37.1 Å². The highest BCUT2D eigenvalue weighted by atomic mass is 15.2. The first-order chi connectivity index (χ1) is 7.18. The maximum Gasteiger partial charge on any atom is 0.128 e. The largest absolute Gasteiger partial charge is 0.357 e. The molecule has 1 atom stereocenters. The minimum Gasteiger partial charge on any atom is -0.357 e. The van der Waals surface area contributed by atoms with Crippen molar-refractivity contribution in [2.75, 3.05) is 18.0 Å². The Bertz CT molecular complexity index is 341. The lowest BCUT2D eigenvalue weighted by Gasteiger charge is -2.18. The minimum absolute atomic E-state index is 0.0742. The molecule has 1 fully saturated rings. The Morgan fingerprint density at radius 1 is 1.33 bits per heavy atom. The number of aromatic nitrogens is 1. The maximum absolute atomic E-state index is 5.86. The molecule has 0 saturated carbocycles. The molecule has 1 aliphatic rings. The lowest BCUT2D eigenvalue weighted by Crippen LogP contribution is -2.20. The average molecular weight is 205 g/mol. The molecule has 0 amide bonds. The fraction of sp³-hybridized carbons (Fsp3) is 0.583. The molecule has 3 nitrogen and oxygen atoms in total. The van der Waals surface area contributed by atoms with Gasteiger partial charge >= 0.3 is 0 Å². The molecule has 3 heteroatoms. The first-order valence-electron chi connectivity index (χ1n) is 5.66. The molecule has 0 aliphatic carbocycles. The highest BCUT2D eigenvalue weighted by Crippen LogP contribution is 2.21. The second-order valence-electron chi connectivity index (χ2n) is 4.33. The van der Waals surface area contributed by atoms with Crippen molar-refractivity contribution in [2.45, 2.75) is 32.7 Å². The third-order valence-electron chi connectivity index (χ3n) is 3.03. The van der Waals surface area contributed by atoms with Crippen LogP contribution in [0, 0.1) is 6.92 Å². The summed E-state index contributed by atoms with van der Waals surface area (Å²) in [5, 5.41) is 0. The van der Waals surface area contributed by atoms with E-state index in [1.807, 2.05) is 13.8 Å². The van der Waals surface area contributed by atoms with Crippen LogP contribution in [-0.2, 0) is 0 Å². The minimum atomic E-state index is 0.0742. The summed E-state index contributed by atoms with van der Waals surface area (Å²) in [6, 6.07) is 4.28. The number of nitrogens with zero attached hydrogens (tertiary/aromatic N) is 2. The number of pyridine rings is 1. The number of rotatable bonds is 2. The van der Waals surface area contributed by atoms with Gasteiger partial charge < -0.3 is 10.6 Å². The molecule has 0 radical (unpaired) electrons. The van der Waals surface area contributed by atoms with Gasteiger partial charge in [-0.1, -0.05) is 6.07 Å². The van der Waals surface area contributed by atoms with Crippen molar-refractivity contribution in [3.05, 3.63) is 23.4 Å². The zero-order valence-electron chi connectivity index (χ0n) is 9.53. The zero-order valence-corrected chi connectivity index (χ0v) is 9.53. The molecule has 1 aromatic heterocycles. The van der Waals surface area contributed by atoms with Gasteiger partial charge in [-0.3, -0.25) is 0 Å². The van der Waals surface area contributed by atoms with Crippen LogP contribution < -0.4 is 10.6 Å². The van der Waals surface area contributed by atoms with Crippen LogP contribution >= 0.6 is 0 Å². The molecule has 0 unspecified atom stereocenters. The predicted molar refractivity (Wildman–Crippen MR) is 63.0 cm³/mol. The summed E-state index contributed by atoms with van der Waals surface area (Å²) in [6.45, 7) is 6.33. The van der Waals surface area contributed by atoms with Crippen LogP contribution in [0.3, 0.4) is 0 Å². The molecule has 15 heavy (non-hydrogen) atoms. The summed E-state index contributed by atoms with van der Waals surface area (Å²) in [6.07, 6.45) is 2.57. The summed E-state index contributed by atoms with van der Waals surface area (Å²) >= 11 is 0. The van der Waals surface area contributed by atoms with Crippen molar-refractivity contribution in [1.29, 1.82) is 0 Å². The Morgan fingerprint density at radius 3 is 2.53 bits per heavy atom. The first-order valence-corrected chi connectivity index (χ1v) is 5.66. The number of hydrogen-bond acceptors (Lipinski definition) is 3. The van der Waals surface area contributed by atoms with Crippen molar-refractivity contribution >= 4 is 5.82 Å². The summed E-state index contributed by atoms with van der Waals surface area (Å²) in [7, 11) is 0. The van der Waals surface area contributed by atoms with E-state index < -0.39 is 0 Å². The van der Waals surface area contributed by atoms with Gasteiger partial charge in [0, 0.05) is 24.8 Å². The fourth-order valence-corrected chi connectivity index (χ4v) is 2.16. The summed E-state index contributed by atoms with van der Waals surface area (Å²) < 4.78 is 0. The first kappa shape index (κ1) is 10.4. The second-order valence-corrected chi connectivity index (χ2v) is 4.33. The third-order valence-corrected chi connectivity index (χ3v) is 3.03. The van der Waals surface area contributed by atoms with Crippen LogP contribution in [0.15, 0.2) is 12.1 Å². The molecule has 0 aromatic carbocycles. The van der Waals surface area contributed by atoms with Crippen LogP contribution in [0.4, 0.5) is 5.82 Å².